The number of ether oxygens (including phenoxy) is 3. The molecule has 0 unspecified atom stereocenters. The van der Waals surface area contributed by atoms with Crippen molar-refractivity contribution >= 4 is 0 Å². The monoisotopic (exact) mass is 204 g/mol. The van der Waals surface area contributed by atoms with Crippen molar-refractivity contribution in [2.75, 3.05) is 53.0 Å². The third-order valence-corrected chi connectivity index (χ3v) is 2.56. The van der Waals surface area contributed by atoms with E-state index in [-0.39, 0.29) is 0 Å². The molecule has 1 heterocycles. The quantitative estimate of drug-likeness (QED) is 0.600. The van der Waals surface area contributed by atoms with Gasteiger partial charge in [-0.3, -0.25) is 4.48 Å². The molecule has 0 N–H and O–H groups in total. The topological polar surface area (TPSA) is 27.7 Å². The summed E-state index contributed by atoms with van der Waals surface area (Å²) in [7, 11) is 0. The van der Waals surface area contributed by atoms with Crippen molar-refractivity contribution in [1.29, 1.82) is 0 Å². The van der Waals surface area contributed by atoms with E-state index in [9.17, 15) is 0 Å². The summed E-state index contributed by atoms with van der Waals surface area (Å²) in [5.41, 5.74) is 0. The Labute approximate surface area is 86.3 Å². The number of hydrogen-bond donors (Lipinski definition) is 0. The smallest absolute Gasteiger partial charge is 0.185 e. The minimum atomic E-state index is 0.750. The van der Waals surface area contributed by atoms with Crippen molar-refractivity contribution < 1.29 is 18.7 Å². The van der Waals surface area contributed by atoms with Gasteiger partial charge in [-0.2, -0.15) is 0 Å². The molecule has 0 aromatic rings. The fourth-order valence-corrected chi connectivity index (χ4v) is 1.60. The lowest BCUT2D eigenvalue weighted by Crippen LogP contribution is -2.57. The van der Waals surface area contributed by atoms with E-state index in [1.807, 2.05) is 13.8 Å². The zero-order valence-corrected chi connectivity index (χ0v) is 9.33. The Kier molecular flexibility index (Phi) is 5.40. The number of hydrogen-bond acceptors (Lipinski definition) is 3. The van der Waals surface area contributed by atoms with Crippen LogP contribution in [0.3, 0.4) is 0 Å². The van der Waals surface area contributed by atoms with Gasteiger partial charge in [-0.1, -0.05) is 0 Å². The van der Waals surface area contributed by atoms with E-state index in [2.05, 4.69) is 0 Å². The van der Waals surface area contributed by atoms with Gasteiger partial charge in [0.1, 0.15) is 13.1 Å². The average Bonchev–Trinajstić information content (AvgIpc) is 2.25. The number of quaternary nitrogens is 1. The summed E-state index contributed by atoms with van der Waals surface area (Å²) in [6.45, 7) is 10.7. The van der Waals surface area contributed by atoms with Gasteiger partial charge in [0.25, 0.3) is 0 Å². The van der Waals surface area contributed by atoms with Gasteiger partial charge in [-0.15, -0.1) is 0 Å². The second kappa shape index (κ2) is 6.35. The van der Waals surface area contributed by atoms with Gasteiger partial charge in [-0.05, 0) is 13.8 Å². The Morgan fingerprint density at radius 3 is 1.93 bits per heavy atom. The average molecular weight is 204 g/mol. The fraction of sp³-hybridized carbons (Fsp3) is 1.00. The van der Waals surface area contributed by atoms with Gasteiger partial charge < -0.3 is 14.2 Å². The third-order valence-electron chi connectivity index (χ3n) is 2.56. The molecule has 0 radical (unpaired) electrons. The molecule has 1 saturated heterocycles. The zero-order chi connectivity index (χ0) is 10.3. The molecule has 0 saturated carbocycles. The minimum Gasteiger partial charge on any atom is -0.370 e. The van der Waals surface area contributed by atoms with Crippen LogP contribution < -0.4 is 0 Å². The molecule has 1 aliphatic heterocycles. The highest BCUT2D eigenvalue weighted by Gasteiger charge is 2.30. The molecule has 0 bridgehead atoms. The van der Waals surface area contributed by atoms with E-state index < -0.39 is 0 Å². The first-order valence-corrected chi connectivity index (χ1v) is 5.41. The van der Waals surface area contributed by atoms with Crippen LogP contribution in [0.1, 0.15) is 13.8 Å². The zero-order valence-electron chi connectivity index (χ0n) is 9.33. The molecule has 1 fully saturated rings. The molecular formula is C10H22NO3+. The summed E-state index contributed by atoms with van der Waals surface area (Å²) < 4.78 is 17.3. The van der Waals surface area contributed by atoms with Crippen LogP contribution in [-0.2, 0) is 14.2 Å². The Morgan fingerprint density at radius 1 is 1.00 bits per heavy atom. The highest BCUT2D eigenvalue weighted by atomic mass is 16.5. The molecule has 0 spiro atoms. The lowest BCUT2D eigenvalue weighted by molar-refractivity contribution is -0.968. The standard InChI is InChI=1S/C10H22NO3/c1-3-12-9-11(10-13-4-2)5-7-14-8-6-11/h3-10H2,1-2H3/q+1. The van der Waals surface area contributed by atoms with E-state index in [0.717, 1.165) is 57.5 Å². The summed E-state index contributed by atoms with van der Waals surface area (Å²) >= 11 is 0. The second-order valence-electron chi connectivity index (χ2n) is 3.65. The predicted octanol–water partition coefficient (Wildman–Crippen LogP) is 0.821. The first kappa shape index (κ1) is 11.9. The van der Waals surface area contributed by atoms with Crippen LogP contribution in [0.25, 0.3) is 0 Å². The van der Waals surface area contributed by atoms with Crippen molar-refractivity contribution in [2.45, 2.75) is 13.8 Å². The van der Waals surface area contributed by atoms with Gasteiger partial charge in [-0.25, -0.2) is 0 Å². The molecule has 1 aliphatic rings. The van der Waals surface area contributed by atoms with Crippen molar-refractivity contribution in [3.63, 3.8) is 0 Å². The van der Waals surface area contributed by atoms with Gasteiger partial charge >= 0.3 is 0 Å². The van der Waals surface area contributed by atoms with Crippen LogP contribution in [0.15, 0.2) is 0 Å². The van der Waals surface area contributed by atoms with Crippen molar-refractivity contribution in [3.05, 3.63) is 0 Å². The molecule has 4 nitrogen and oxygen atoms in total. The maximum absolute atomic E-state index is 5.51. The van der Waals surface area contributed by atoms with Gasteiger partial charge in [0.15, 0.2) is 13.5 Å². The fourth-order valence-electron chi connectivity index (χ4n) is 1.60. The molecule has 0 amide bonds. The maximum atomic E-state index is 5.51. The SMILES string of the molecule is CCOC[N+]1(COCC)CCOCC1. The predicted molar refractivity (Wildman–Crippen MR) is 53.8 cm³/mol. The lowest BCUT2D eigenvalue weighted by Gasteiger charge is -2.39. The Hall–Kier alpha value is -0.160. The Balaban J connectivity index is 2.39. The van der Waals surface area contributed by atoms with Crippen molar-refractivity contribution in [2.24, 2.45) is 0 Å². The highest BCUT2D eigenvalue weighted by Crippen LogP contribution is 2.11. The first-order valence-electron chi connectivity index (χ1n) is 5.41. The summed E-state index contributed by atoms with van der Waals surface area (Å²) in [4.78, 5) is 0. The molecule has 0 atom stereocenters. The Morgan fingerprint density at radius 2 is 1.50 bits per heavy atom. The molecule has 14 heavy (non-hydrogen) atoms. The van der Waals surface area contributed by atoms with E-state index in [4.69, 9.17) is 14.2 Å². The molecule has 84 valence electrons. The molecule has 0 aromatic carbocycles. The van der Waals surface area contributed by atoms with Crippen LogP contribution in [0.2, 0.25) is 0 Å². The summed E-state index contributed by atoms with van der Waals surface area (Å²) in [5, 5.41) is 0. The molecule has 4 heteroatoms. The number of rotatable bonds is 6. The van der Waals surface area contributed by atoms with Crippen LogP contribution in [0.5, 0.6) is 0 Å². The number of nitrogens with zero attached hydrogens (tertiary/aromatic N) is 1. The lowest BCUT2D eigenvalue weighted by atomic mass is 10.4. The normalized spacial score (nSPS) is 21.0. The van der Waals surface area contributed by atoms with Gasteiger partial charge in [0.2, 0.25) is 0 Å². The maximum Gasteiger partial charge on any atom is 0.185 e. The van der Waals surface area contributed by atoms with Gasteiger partial charge in [0, 0.05) is 13.2 Å². The molecule has 0 aromatic heterocycles. The minimum absolute atomic E-state index is 0.750. The molecule has 0 aliphatic carbocycles. The second-order valence-corrected chi connectivity index (χ2v) is 3.65. The Bertz CT molecular complexity index is 136. The van der Waals surface area contributed by atoms with Crippen molar-refractivity contribution in [3.8, 4) is 0 Å². The molecular weight excluding hydrogens is 182 g/mol. The van der Waals surface area contributed by atoms with Crippen LogP contribution in [0.4, 0.5) is 0 Å². The van der Waals surface area contributed by atoms with Crippen LogP contribution in [0, 0.1) is 0 Å². The summed E-state index contributed by atoms with van der Waals surface area (Å²) in [5.74, 6) is 0. The van der Waals surface area contributed by atoms with E-state index in [1.165, 1.54) is 0 Å². The van der Waals surface area contributed by atoms with E-state index in [1.54, 1.807) is 0 Å². The highest BCUT2D eigenvalue weighted by molar-refractivity contribution is 4.44. The first-order chi connectivity index (χ1) is 6.83. The summed E-state index contributed by atoms with van der Waals surface area (Å²) in [6, 6.07) is 0. The summed E-state index contributed by atoms with van der Waals surface area (Å²) in [6.07, 6.45) is 0. The van der Waals surface area contributed by atoms with Gasteiger partial charge in [0.05, 0.1) is 13.2 Å². The van der Waals surface area contributed by atoms with Crippen LogP contribution in [-0.4, -0.2) is 57.5 Å². The molecule has 1 rings (SSSR count). The van der Waals surface area contributed by atoms with E-state index in [0.29, 0.717) is 0 Å². The number of morpholine rings is 1. The third kappa shape index (κ3) is 3.53. The van der Waals surface area contributed by atoms with Crippen molar-refractivity contribution in [1.82, 2.24) is 0 Å². The van der Waals surface area contributed by atoms with E-state index >= 15 is 0 Å². The van der Waals surface area contributed by atoms with Crippen LogP contribution >= 0.6 is 0 Å². The largest absolute Gasteiger partial charge is 0.370 e.